The summed E-state index contributed by atoms with van der Waals surface area (Å²) in [7, 11) is 0. The number of hydrogen-bond donors (Lipinski definition) is 0. The highest BCUT2D eigenvalue weighted by Gasteiger charge is 2.71. The maximum atomic E-state index is 2.70. The first-order valence-electron chi connectivity index (χ1n) is 12.3. The van der Waals surface area contributed by atoms with Crippen LogP contribution in [-0.4, -0.2) is 0 Å². The Bertz CT molecular complexity index is 750. The molecule has 5 aliphatic carbocycles. The monoisotopic (exact) mass is 378 g/mol. The van der Waals surface area contributed by atoms with Gasteiger partial charge in [0.1, 0.15) is 0 Å². The Hall–Kier alpha value is -0.780. The molecule has 0 heteroatoms. The van der Waals surface area contributed by atoms with Crippen LogP contribution < -0.4 is 0 Å². The highest BCUT2D eigenvalue weighted by Crippen LogP contribution is 2.79. The van der Waals surface area contributed by atoms with Gasteiger partial charge in [0.2, 0.25) is 0 Å². The van der Waals surface area contributed by atoms with Crippen molar-refractivity contribution in [1.82, 2.24) is 0 Å². The fraction of sp³-hybridized carbons (Fsp3) is 0.786. The van der Waals surface area contributed by atoms with Gasteiger partial charge in [-0.1, -0.05) is 71.4 Å². The lowest BCUT2D eigenvalue weighted by molar-refractivity contribution is 0.0893. The lowest BCUT2D eigenvalue weighted by Crippen LogP contribution is -2.42. The van der Waals surface area contributed by atoms with Crippen molar-refractivity contribution in [3.05, 3.63) is 35.5 Å². The van der Waals surface area contributed by atoms with Crippen molar-refractivity contribution < 1.29 is 0 Å². The summed E-state index contributed by atoms with van der Waals surface area (Å²) in [5.41, 5.74) is 5.32. The van der Waals surface area contributed by atoms with Gasteiger partial charge in [-0.2, -0.15) is 0 Å². The predicted octanol–water partition coefficient (Wildman–Crippen LogP) is 7.97. The largest absolute Gasteiger partial charge is 0.0852 e. The first-order chi connectivity index (χ1) is 13.2. The van der Waals surface area contributed by atoms with Gasteiger partial charge < -0.3 is 0 Å². The lowest BCUT2D eigenvalue weighted by atomic mass is 9.53. The van der Waals surface area contributed by atoms with Gasteiger partial charge in [-0.05, 0) is 102 Å². The van der Waals surface area contributed by atoms with E-state index in [4.69, 9.17) is 0 Å². The van der Waals surface area contributed by atoms with E-state index in [1.165, 1.54) is 44.9 Å². The molecule has 1 spiro atoms. The van der Waals surface area contributed by atoms with Crippen molar-refractivity contribution in [2.24, 2.45) is 51.8 Å². The average molecular weight is 379 g/mol. The van der Waals surface area contributed by atoms with Crippen molar-refractivity contribution >= 4 is 0 Å². The molecule has 3 fully saturated rings. The summed E-state index contributed by atoms with van der Waals surface area (Å²) in [5, 5.41) is 0. The Labute approximate surface area is 173 Å². The molecule has 0 aromatic rings. The molecular formula is C28H42. The molecule has 0 saturated heterocycles. The predicted molar refractivity (Wildman–Crippen MR) is 120 cm³/mol. The molecule has 0 aliphatic heterocycles. The Balaban J connectivity index is 1.45. The third-order valence-electron chi connectivity index (χ3n) is 10.9. The molecule has 0 aromatic heterocycles. The van der Waals surface area contributed by atoms with E-state index >= 15 is 0 Å². The second-order valence-electron chi connectivity index (χ2n) is 12.2. The van der Waals surface area contributed by atoms with E-state index in [9.17, 15) is 0 Å². The highest BCUT2D eigenvalue weighted by molar-refractivity contribution is 5.46. The van der Waals surface area contributed by atoms with E-state index in [1.807, 2.05) is 11.1 Å². The topological polar surface area (TPSA) is 0 Å². The van der Waals surface area contributed by atoms with Crippen LogP contribution in [0.5, 0.6) is 0 Å². The fourth-order valence-corrected chi connectivity index (χ4v) is 8.42. The molecule has 3 saturated carbocycles. The summed E-state index contributed by atoms with van der Waals surface area (Å²) in [6.07, 6.45) is 20.5. The van der Waals surface area contributed by atoms with Crippen LogP contribution in [0.3, 0.4) is 0 Å². The molecule has 5 aliphatic rings. The van der Waals surface area contributed by atoms with Gasteiger partial charge in [-0.25, -0.2) is 0 Å². The van der Waals surface area contributed by atoms with Crippen molar-refractivity contribution in [2.45, 2.75) is 86.5 Å². The molecule has 0 aromatic carbocycles. The van der Waals surface area contributed by atoms with Crippen LogP contribution in [0.25, 0.3) is 0 Å². The molecule has 0 heterocycles. The minimum absolute atomic E-state index is 0.448. The van der Waals surface area contributed by atoms with Crippen LogP contribution in [-0.2, 0) is 0 Å². The third kappa shape index (κ3) is 2.36. The molecule has 0 bridgehead atoms. The number of allylic oxidation sites excluding steroid dienone is 6. The molecule has 5 rings (SSSR count). The van der Waals surface area contributed by atoms with Gasteiger partial charge in [0.25, 0.3) is 0 Å². The normalized spacial score (nSPS) is 48.5. The van der Waals surface area contributed by atoms with E-state index in [2.05, 4.69) is 65.8 Å². The Morgan fingerprint density at radius 2 is 1.79 bits per heavy atom. The Morgan fingerprint density at radius 1 is 1.00 bits per heavy atom. The summed E-state index contributed by atoms with van der Waals surface area (Å²) in [4.78, 5) is 0. The molecule has 0 amide bonds. The summed E-state index contributed by atoms with van der Waals surface area (Å²) in [6, 6.07) is 0. The number of hydrogen-bond acceptors (Lipinski definition) is 0. The van der Waals surface area contributed by atoms with Crippen LogP contribution in [0.1, 0.15) is 86.5 Å². The SMILES string of the molecule is CC(C)[C@@H](C)C=C[C@@H](C)C1CCC2=C3C=C[C@]45C[C@H]4CC[C@]5(C)[C@H]3CC[C@@]21C. The van der Waals surface area contributed by atoms with Crippen LogP contribution in [0.2, 0.25) is 0 Å². The number of rotatable bonds is 4. The van der Waals surface area contributed by atoms with Gasteiger partial charge in [-0.15, -0.1) is 0 Å². The average Bonchev–Trinajstić information content (AvgIpc) is 3.14. The summed E-state index contributed by atoms with van der Waals surface area (Å²) >= 11 is 0. The first-order valence-corrected chi connectivity index (χ1v) is 12.3. The van der Waals surface area contributed by atoms with Crippen molar-refractivity contribution in [1.29, 1.82) is 0 Å². The second kappa shape index (κ2) is 6.12. The summed E-state index contributed by atoms with van der Waals surface area (Å²) in [5.74, 6) is 4.86. The first kappa shape index (κ1) is 19.2. The fourth-order valence-electron chi connectivity index (χ4n) is 8.42. The minimum Gasteiger partial charge on any atom is -0.0852 e. The highest BCUT2D eigenvalue weighted by atomic mass is 14.7. The van der Waals surface area contributed by atoms with E-state index in [0.717, 1.165) is 23.7 Å². The Kier molecular flexibility index (Phi) is 4.19. The molecule has 1 unspecified atom stereocenters. The van der Waals surface area contributed by atoms with Crippen molar-refractivity contribution in [3.63, 3.8) is 0 Å². The molecular weight excluding hydrogens is 336 g/mol. The molecule has 8 atom stereocenters. The molecule has 154 valence electrons. The van der Waals surface area contributed by atoms with Crippen LogP contribution in [0.4, 0.5) is 0 Å². The summed E-state index contributed by atoms with van der Waals surface area (Å²) < 4.78 is 0. The van der Waals surface area contributed by atoms with Crippen LogP contribution in [0, 0.1) is 51.8 Å². The maximum Gasteiger partial charge on any atom is -0.00239 e. The lowest BCUT2D eigenvalue weighted by Gasteiger charge is -2.51. The number of fused-ring (bicyclic) bond motifs is 3. The van der Waals surface area contributed by atoms with Crippen molar-refractivity contribution in [3.8, 4) is 0 Å². The Morgan fingerprint density at radius 3 is 2.50 bits per heavy atom. The standard InChI is InChI=1S/C28H42/c1-18(2)19(3)7-8-20(4)23-9-10-24-22-12-16-28-17-21(28)11-15-27(28,6)25(22)13-14-26(23,24)5/h7-8,12,16,18-21,23,25H,9-11,13-15,17H2,1-6H3/t19-,20+,21+,23?,25-,26+,27+,28-/m0/s1. The van der Waals surface area contributed by atoms with Gasteiger partial charge in [0.05, 0.1) is 0 Å². The van der Waals surface area contributed by atoms with E-state index in [1.54, 1.807) is 0 Å². The van der Waals surface area contributed by atoms with E-state index in [0.29, 0.717) is 28.1 Å². The van der Waals surface area contributed by atoms with E-state index in [-0.39, 0.29) is 0 Å². The van der Waals surface area contributed by atoms with Crippen LogP contribution >= 0.6 is 0 Å². The molecule has 28 heavy (non-hydrogen) atoms. The zero-order valence-corrected chi connectivity index (χ0v) is 19.2. The van der Waals surface area contributed by atoms with Crippen LogP contribution in [0.15, 0.2) is 35.5 Å². The van der Waals surface area contributed by atoms with Gasteiger partial charge in [-0.3, -0.25) is 0 Å². The molecule has 0 N–H and O–H groups in total. The van der Waals surface area contributed by atoms with Gasteiger partial charge in [0, 0.05) is 0 Å². The zero-order valence-electron chi connectivity index (χ0n) is 19.2. The minimum atomic E-state index is 0.448. The molecule has 0 radical (unpaired) electrons. The molecule has 0 nitrogen and oxygen atoms in total. The quantitative estimate of drug-likeness (QED) is 0.435. The van der Waals surface area contributed by atoms with E-state index < -0.39 is 0 Å². The third-order valence-corrected chi connectivity index (χ3v) is 10.9. The van der Waals surface area contributed by atoms with Gasteiger partial charge in [0.15, 0.2) is 0 Å². The maximum absolute atomic E-state index is 2.70. The van der Waals surface area contributed by atoms with Crippen molar-refractivity contribution in [2.75, 3.05) is 0 Å². The second-order valence-corrected chi connectivity index (χ2v) is 12.2. The summed E-state index contributed by atoms with van der Waals surface area (Å²) in [6.45, 7) is 14.9. The smallest absolute Gasteiger partial charge is 0.00239 e. The zero-order chi connectivity index (χ0) is 19.9. The van der Waals surface area contributed by atoms with Gasteiger partial charge >= 0.3 is 0 Å².